The van der Waals surface area contributed by atoms with E-state index >= 15 is 0 Å². The fourth-order valence-electron chi connectivity index (χ4n) is 2.68. The van der Waals surface area contributed by atoms with Crippen molar-refractivity contribution in [1.29, 1.82) is 0 Å². The zero-order valence-electron chi connectivity index (χ0n) is 15.4. The highest BCUT2D eigenvalue weighted by atomic mass is 32.1. The first kappa shape index (κ1) is 18.4. The minimum absolute atomic E-state index is 0.507. The summed E-state index contributed by atoms with van der Waals surface area (Å²) in [6.45, 7) is 4.23. The zero-order chi connectivity index (χ0) is 18.4. The van der Waals surface area contributed by atoms with Crippen LogP contribution in [0.25, 0.3) is 0 Å². The van der Waals surface area contributed by atoms with E-state index in [2.05, 4.69) is 53.5 Å². The van der Waals surface area contributed by atoms with E-state index in [-0.39, 0.29) is 0 Å². The molecule has 0 unspecified atom stereocenters. The summed E-state index contributed by atoms with van der Waals surface area (Å²) >= 11 is 1.64. The van der Waals surface area contributed by atoms with Crippen molar-refractivity contribution in [3.05, 3.63) is 75.7 Å². The number of benzene rings is 2. The third-order valence-electron chi connectivity index (χ3n) is 4.00. The van der Waals surface area contributed by atoms with Gasteiger partial charge in [0.15, 0.2) is 0 Å². The highest BCUT2D eigenvalue weighted by molar-refractivity contribution is 7.09. The Morgan fingerprint density at radius 1 is 1.04 bits per heavy atom. The summed E-state index contributed by atoms with van der Waals surface area (Å²) in [7, 11) is 3.79. The Bertz CT molecular complexity index is 830. The Morgan fingerprint density at radius 2 is 1.85 bits per heavy atom. The van der Waals surface area contributed by atoms with Crippen molar-refractivity contribution >= 4 is 11.3 Å². The minimum Gasteiger partial charge on any atom is -0.497 e. The van der Waals surface area contributed by atoms with Crippen LogP contribution >= 0.6 is 11.3 Å². The SMILES string of the molecule is COc1cccc(CN(C)Cc2csc(COc3ccc(C)cc3)n2)c1. The van der Waals surface area contributed by atoms with Crippen LogP contribution in [0.15, 0.2) is 53.9 Å². The highest BCUT2D eigenvalue weighted by Gasteiger charge is 2.07. The first-order valence-electron chi connectivity index (χ1n) is 8.56. The van der Waals surface area contributed by atoms with Crippen molar-refractivity contribution in [1.82, 2.24) is 9.88 Å². The molecule has 26 heavy (non-hydrogen) atoms. The molecule has 0 radical (unpaired) electrons. The van der Waals surface area contributed by atoms with Gasteiger partial charge in [-0.05, 0) is 43.8 Å². The third-order valence-corrected chi connectivity index (χ3v) is 4.87. The Hall–Kier alpha value is -2.37. The first-order chi connectivity index (χ1) is 12.6. The zero-order valence-corrected chi connectivity index (χ0v) is 16.3. The number of rotatable bonds is 8. The molecule has 1 heterocycles. The molecule has 0 aliphatic heterocycles. The van der Waals surface area contributed by atoms with Crippen molar-refractivity contribution in [3.8, 4) is 11.5 Å². The van der Waals surface area contributed by atoms with Gasteiger partial charge in [0, 0.05) is 18.5 Å². The molecule has 0 amide bonds. The van der Waals surface area contributed by atoms with E-state index in [0.29, 0.717) is 6.61 Å². The van der Waals surface area contributed by atoms with Crippen molar-refractivity contribution < 1.29 is 9.47 Å². The lowest BCUT2D eigenvalue weighted by Gasteiger charge is -2.15. The molecule has 2 aromatic carbocycles. The number of nitrogens with zero attached hydrogens (tertiary/aromatic N) is 2. The van der Waals surface area contributed by atoms with E-state index in [0.717, 1.165) is 35.3 Å². The fourth-order valence-corrected chi connectivity index (χ4v) is 3.38. The summed E-state index contributed by atoms with van der Waals surface area (Å²) in [5.74, 6) is 1.77. The van der Waals surface area contributed by atoms with Crippen LogP contribution in [0.5, 0.6) is 11.5 Å². The summed E-state index contributed by atoms with van der Waals surface area (Å²) in [5.41, 5.74) is 3.53. The smallest absolute Gasteiger partial charge is 0.140 e. The van der Waals surface area contributed by atoms with Crippen LogP contribution in [0.3, 0.4) is 0 Å². The van der Waals surface area contributed by atoms with Crippen molar-refractivity contribution in [3.63, 3.8) is 0 Å². The molecule has 0 fully saturated rings. The topological polar surface area (TPSA) is 34.6 Å². The Labute approximate surface area is 159 Å². The maximum Gasteiger partial charge on any atom is 0.140 e. The molecule has 3 rings (SSSR count). The standard InChI is InChI=1S/C21H24N2O2S/c1-16-7-9-19(10-8-16)25-14-21-22-18(15-26-21)13-23(2)12-17-5-4-6-20(11-17)24-3/h4-11,15H,12-14H2,1-3H3. The largest absolute Gasteiger partial charge is 0.497 e. The molecule has 0 aliphatic carbocycles. The van der Waals surface area contributed by atoms with E-state index in [1.165, 1.54) is 11.1 Å². The predicted octanol–water partition coefficient (Wildman–Crippen LogP) is 4.67. The van der Waals surface area contributed by atoms with Gasteiger partial charge in [0.05, 0.1) is 12.8 Å². The predicted molar refractivity (Wildman–Crippen MR) is 106 cm³/mol. The van der Waals surface area contributed by atoms with Gasteiger partial charge in [0.1, 0.15) is 23.1 Å². The molecule has 136 valence electrons. The number of aryl methyl sites for hydroxylation is 1. The second-order valence-corrected chi connectivity index (χ2v) is 7.30. The fraction of sp³-hybridized carbons (Fsp3) is 0.286. The average molecular weight is 369 g/mol. The number of ether oxygens (including phenoxy) is 2. The lowest BCUT2D eigenvalue weighted by molar-refractivity contribution is 0.300. The number of hydrogen-bond acceptors (Lipinski definition) is 5. The molecule has 0 spiro atoms. The van der Waals surface area contributed by atoms with E-state index in [9.17, 15) is 0 Å². The average Bonchev–Trinajstić information content (AvgIpc) is 3.08. The van der Waals surface area contributed by atoms with Crippen LogP contribution in [0, 0.1) is 6.92 Å². The van der Waals surface area contributed by atoms with Crippen molar-refractivity contribution in [2.75, 3.05) is 14.2 Å². The molecule has 0 bridgehead atoms. The second-order valence-electron chi connectivity index (χ2n) is 6.36. The van der Waals surface area contributed by atoms with Gasteiger partial charge in [-0.25, -0.2) is 4.98 Å². The molecule has 3 aromatic rings. The Balaban J connectivity index is 1.51. The molecule has 0 saturated carbocycles. The quantitative estimate of drug-likeness (QED) is 0.579. The molecule has 1 aromatic heterocycles. The van der Waals surface area contributed by atoms with Crippen molar-refractivity contribution in [2.45, 2.75) is 26.6 Å². The van der Waals surface area contributed by atoms with Gasteiger partial charge < -0.3 is 9.47 Å². The van der Waals surface area contributed by atoms with Gasteiger partial charge in [-0.2, -0.15) is 0 Å². The Kier molecular flexibility index (Phi) is 6.26. The van der Waals surface area contributed by atoms with Gasteiger partial charge in [0.2, 0.25) is 0 Å². The summed E-state index contributed by atoms with van der Waals surface area (Å²) in [5, 5.41) is 3.10. The minimum atomic E-state index is 0.507. The van der Waals surface area contributed by atoms with E-state index in [1.54, 1.807) is 18.4 Å². The molecule has 5 heteroatoms. The van der Waals surface area contributed by atoms with Crippen LogP contribution in [-0.4, -0.2) is 24.0 Å². The summed E-state index contributed by atoms with van der Waals surface area (Å²) in [6, 6.07) is 16.2. The highest BCUT2D eigenvalue weighted by Crippen LogP contribution is 2.18. The summed E-state index contributed by atoms with van der Waals surface area (Å²) < 4.78 is 11.1. The van der Waals surface area contributed by atoms with E-state index in [4.69, 9.17) is 9.47 Å². The van der Waals surface area contributed by atoms with Crippen LogP contribution in [0.2, 0.25) is 0 Å². The molecule has 4 nitrogen and oxygen atoms in total. The molecular formula is C21H24N2O2S. The number of methoxy groups -OCH3 is 1. The van der Waals surface area contributed by atoms with Gasteiger partial charge in [-0.3, -0.25) is 4.90 Å². The van der Waals surface area contributed by atoms with Crippen LogP contribution in [0.4, 0.5) is 0 Å². The normalized spacial score (nSPS) is 10.9. The van der Waals surface area contributed by atoms with Gasteiger partial charge in [0.25, 0.3) is 0 Å². The van der Waals surface area contributed by atoms with E-state index in [1.807, 2.05) is 24.3 Å². The number of thiazole rings is 1. The van der Waals surface area contributed by atoms with Crippen LogP contribution < -0.4 is 9.47 Å². The third kappa shape index (κ3) is 5.31. The van der Waals surface area contributed by atoms with Gasteiger partial charge in [-0.15, -0.1) is 11.3 Å². The number of hydrogen-bond donors (Lipinski definition) is 0. The van der Waals surface area contributed by atoms with E-state index < -0.39 is 0 Å². The lowest BCUT2D eigenvalue weighted by atomic mass is 10.2. The number of aromatic nitrogens is 1. The molecule has 0 saturated heterocycles. The van der Waals surface area contributed by atoms with Gasteiger partial charge >= 0.3 is 0 Å². The summed E-state index contributed by atoms with van der Waals surface area (Å²) in [6.07, 6.45) is 0. The molecule has 0 N–H and O–H groups in total. The molecular weight excluding hydrogens is 344 g/mol. The second kappa shape index (κ2) is 8.83. The first-order valence-corrected chi connectivity index (χ1v) is 9.44. The maximum absolute atomic E-state index is 5.81. The van der Waals surface area contributed by atoms with Gasteiger partial charge in [-0.1, -0.05) is 29.8 Å². The van der Waals surface area contributed by atoms with Crippen LogP contribution in [0.1, 0.15) is 21.8 Å². The van der Waals surface area contributed by atoms with Crippen molar-refractivity contribution in [2.24, 2.45) is 0 Å². The monoisotopic (exact) mass is 368 g/mol. The lowest BCUT2D eigenvalue weighted by Crippen LogP contribution is -2.17. The summed E-state index contributed by atoms with van der Waals surface area (Å²) in [4.78, 5) is 6.93. The molecule has 0 aliphatic rings. The van der Waals surface area contributed by atoms with Crippen LogP contribution in [-0.2, 0) is 19.7 Å². The molecule has 0 atom stereocenters. The maximum atomic E-state index is 5.81. The Morgan fingerprint density at radius 3 is 2.62 bits per heavy atom.